The van der Waals surface area contributed by atoms with E-state index in [0.717, 1.165) is 21.5 Å². The molecule has 2 aromatic heterocycles. The average Bonchev–Trinajstić information content (AvgIpc) is 2.72. The molecular weight excluding hydrogens is 202 g/mol. The lowest BCUT2D eigenvalue weighted by Gasteiger charge is -2.00. The third kappa shape index (κ3) is 1.32. The van der Waals surface area contributed by atoms with E-state index >= 15 is 0 Å². The van der Waals surface area contributed by atoms with E-state index in [0.29, 0.717) is 5.52 Å². The fourth-order valence-corrected chi connectivity index (χ4v) is 1.69. The average molecular weight is 211 g/mol. The van der Waals surface area contributed by atoms with Crippen LogP contribution in [0.4, 0.5) is 0 Å². The van der Waals surface area contributed by atoms with Crippen molar-refractivity contribution >= 4 is 11.0 Å². The van der Waals surface area contributed by atoms with Crippen LogP contribution in [0.25, 0.3) is 22.3 Å². The highest BCUT2D eigenvalue weighted by Gasteiger charge is 2.04. The van der Waals surface area contributed by atoms with Gasteiger partial charge in [0.25, 0.3) is 0 Å². The van der Waals surface area contributed by atoms with Gasteiger partial charge in [-0.25, -0.2) is 4.98 Å². The van der Waals surface area contributed by atoms with Gasteiger partial charge in [-0.05, 0) is 24.3 Å². The van der Waals surface area contributed by atoms with Crippen LogP contribution in [0.1, 0.15) is 0 Å². The summed E-state index contributed by atoms with van der Waals surface area (Å²) in [6, 6.07) is 11.4. The Balaban J connectivity index is 2.22. The first-order valence-electron chi connectivity index (χ1n) is 4.92. The van der Waals surface area contributed by atoms with E-state index in [9.17, 15) is 5.21 Å². The third-order valence-electron chi connectivity index (χ3n) is 2.49. The number of fused-ring (bicyclic) bond motifs is 1. The summed E-state index contributed by atoms with van der Waals surface area (Å²) in [5.74, 6) is 0. The molecule has 78 valence electrons. The van der Waals surface area contributed by atoms with Gasteiger partial charge in [0.1, 0.15) is 11.8 Å². The predicted molar refractivity (Wildman–Crippen MR) is 60.1 cm³/mol. The first-order valence-corrected chi connectivity index (χ1v) is 4.92. The van der Waals surface area contributed by atoms with Gasteiger partial charge in [0, 0.05) is 11.8 Å². The van der Waals surface area contributed by atoms with E-state index in [1.807, 2.05) is 36.4 Å². The van der Waals surface area contributed by atoms with Crippen molar-refractivity contribution in [3.8, 4) is 11.3 Å². The van der Waals surface area contributed by atoms with E-state index in [1.54, 1.807) is 6.20 Å². The largest absolute Gasteiger partial charge is 0.427 e. The van der Waals surface area contributed by atoms with Crippen LogP contribution in [0, 0.1) is 0 Å². The van der Waals surface area contributed by atoms with Gasteiger partial charge in [-0.1, -0.05) is 12.1 Å². The molecule has 3 rings (SSSR count). The molecule has 0 saturated carbocycles. The van der Waals surface area contributed by atoms with Gasteiger partial charge in [0.2, 0.25) is 0 Å². The summed E-state index contributed by atoms with van der Waals surface area (Å²) < 4.78 is 1.02. The van der Waals surface area contributed by atoms with Gasteiger partial charge in [0.05, 0.1) is 11.2 Å². The first-order chi connectivity index (χ1) is 7.84. The molecule has 4 heteroatoms. The minimum absolute atomic E-state index is 0.683. The quantitative estimate of drug-likeness (QED) is 0.628. The molecule has 0 aliphatic rings. The lowest BCUT2D eigenvalue weighted by Crippen LogP contribution is -1.87. The number of benzene rings is 1. The molecule has 2 heterocycles. The van der Waals surface area contributed by atoms with Crippen LogP contribution in [0.5, 0.6) is 0 Å². The highest BCUT2D eigenvalue weighted by Crippen LogP contribution is 2.21. The molecule has 0 aliphatic heterocycles. The summed E-state index contributed by atoms with van der Waals surface area (Å²) >= 11 is 0. The Kier molecular flexibility index (Phi) is 1.86. The molecule has 0 unspecified atom stereocenters. The van der Waals surface area contributed by atoms with Crippen LogP contribution < -0.4 is 0 Å². The van der Waals surface area contributed by atoms with Crippen molar-refractivity contribution in [2.45, 2.75) is 0 Å². The van der Waals surface area contributed by atoms with Gasteiger partial charge in [-0.3, -0.25) is 4.98 Å². The van der Waals surface area contributed by atoms with Crippen molar-refractivity contribution in [1.29, 1.82) is 0 Å². The van der Waals surface area contributed by atoms with E-state index < -0.39 is 0 Å². The van der Waals surface area contributed by atoms with Crippen LogP contribution in [-0.2, 0) is 0 Å². The van der Waals surface area contributed by atoms with Crippen LogP contribution in [0.2, 0.25) is 0 Å². The third-order valence-corrected chi connectivity index (χ3v) is 2.49. The fourth-order valence-electron chi connectivity index (χ4n) is 1.69. The second kappa shape index (κ2) is 3.34. The molecule has 1 N–H and O–H groups in total. The van der Waals surface area contributed by atoms with E-state index in [4.69, 9.17) is 0 Å². The number of hydrogen-bond acceptors (Lipinski definition) is 3. The summed E-state index contributed by atoms with van der Waals surface area (Å²) in [4.78, 5) is 8.30. The maximum Gasteiger partial charge on any atom is 0.133 e. The van der Waals surface area contributed by atoms with Crippen LogP contribution in [0.3, 0.4) is 0 Å². The summed E-state index contributed by atoms with van der Waals surface area (Å²) in [7, 11) is 0. The molecule has 0 aliphatic carbocycles. The monoisotopic (exact) mass is 211 g/mol. The molecule has 1 aromatic carbocycles. The molecule has 0 radical (unpaired) electrons. The number of imidazole rings is 1. The number of hydrogen-bond donors (Lipinski definition) is 1. The van der Waals surface area contributed by atoms with Crippen LogP contribution in [-0.4, -0.2) is 19.9 Å². The van der Waals surface area contributed by atoms with Crippen LogP contribution >= 0.6 is 0 Å². The minimum atomic E-state index is 0.683. The van der Waals surface area contributed by atoms with Crippen molar-refractivity contribution in [2.75, 3.05) is 0 Å². The number of aromatic nitrogens is 3. The van der Waals surface area contributed by atoms with Crippen molar-refractivity contribution in [1.82, 2.24) is 14.7 Å². The van der Waals surface area contributed by atoms with E-state index in [-0.39, 0.29) is 0 Å². The maximum atomic E-state index is 9.52. The van der Waals surface area contributed by atoms with Crippen molar-refractivity contribution in [2.24, 2.45) is 0 Å². The topological polar surface area (TPSA) is 50.9 Å². The molecule has 0 spiro atoms. The van der Waals surface area contributed by atoms with Gasteiger partial charge in [0.15, 0.2) is 0 Å². The predicted octanol–water partition coefficient (Wildman–Crippen LogP) is 2.34. The second-order valence-corrected chi connectivity index (χ2v) is 3.51. The second-order valence-electron chi connectivity index (χ2n) is 3.51. The van der Waals surface area contributed by atoms with Gasteiger partial charge in [-0.2, -0.15) is 4.73 Å². The summed E-state index contributed by atoms with van der Waals surface area (Å²) in [5, 5.41) is 9.52. The molecule has 3 aromatic rings. The Morgan fingerprint density at radius 3 is 2.81 bits per heavy atom. The van der Waals surface area contributed by atoms with Crippen molar-refractivity contribution in [3.05, 3.63) is 48.9 Å². The van der Waals surface area contributed by atoms with E-state index in [2.05, 4.69) is 9.97 Å². The SMILES string of the molecule is On1cnc2ccc(-c3ccccn3)cc21. The molecular formula is C12H9N3O. The van der Waals surface area contributed by atoms with Crippen molar-refractivity contribution in [3.63, 3.8) is 0 Å². The molecule has 0 bridgehead atoms. The Bertz CT molecular complexity index is 631. The smallest absolute Gasteiger partial charge is 0.133 e. The molecule has 0 amide bonds. The van der Waals surface area contributed by atoms with Crippen LogP contribution in [0.15, 0.2) is 48.9 Å². The number of nitrogens with zero attached hydrogens (tertiary/aromatic N) is 3. The van der Waals surface area contributed by atoms with Gasteiger partial charge in [-0.15, -0.1) is 0 Å². The Labute approximate surface area is 91.8 Å². The first kappa shape index (κ1) is 8.91. The van der Waals surface area contributed by atoms with Gasteiger partial charge < -0.3 is 5.21 Å². The zero-order valence-electron chi connectivity index (χ0n) is 8.41. The lowest BCUT2D eigenvalue weighted by atomic mass is 10.1. The summed E-state index contributed by atoms with van der Waals surface area (Å²) in [5.41, 5.74) is 3.29. The standard InChI is InChI=1S/C12H9N3O/c16-15-8-14-11-5-4-9(7-12(11)15)10-3-1-2-6-13-10/h1-8,16H. The maximum absolute atomic E-state index is 9.52. The Hall–Kier alpha value is -2.36. The van der Waals surface area contributed by atoms with E-state index in [1.165, 1.54) is 6.33 Å². The normalized spacial score (nSPS) is 10.8. The highest BCUT2D eigenvalue weighted by atomic mass is 16.5. The van der Waals surface area contributed by atoms with Gasteiger partial charge >= 0.3 is 0 Å². The highest BCUT2D eigenvalue weighted by molar-refractivity contribution is 5.80. The zero-order valence-corrected chi connectivity index (χ0v) is 8.41. The molecule has 16 heavy (non-hydrogen) atoms. The Morgan fingerprint density at radius 2 is 2.00 bits per heavy atom. The Morgan fingerprint density at radius 1 is 1.06 bits per heavy atom. The number of pyridine rings is 1. The summed E-state index contributed by atoms with van der Waals surface area (Å²) in [6.45, 7) is 0. The van der Waals surface area contributed by atoms with Crippen molar-refractivity contribution < 1.29 is 5.21 Å². The minimum Gasteiger partial charge on any atom is -0.427 e. The lowest BCUT2D eigenvalue weighted by molar-refractivity contribution is 0.198. The zero-order chi connectivity index (χ0) is 11.0. The molecule has 4 nitrogen and oxygen atoms in total. The molecule has 0 atom stereocenters. The summed E-state index contributed by atoms with van der Waals surface area (Å²) in [6.07, 6.45) is 3.13. The molecule has 0 saturated heterocycles. The molecule has 0 fully saturated rings. The number of rotatable bonds is 1. The fraction of sp³-hybridized carbons (Fsp3) is 0.